The van der Waals surface area contributed by atoms with Gasteiger partial charge in [-0.3, -0.25) is 19.2 Å². The average Bonchev–Trinajstić information content (AvgIpc) is 3.73. The number of sulfonamides is 1. The summed E-state index contributed by atoms with van der Waals surface area (Å²) >= 11 is 0. The molecule has 3 N–H and O–H groups in total. The van der Waals surface area contributed by atoms with Crippen molar-refractivity contribution in [1.82, 2.24) is 19.9 Å². The van der Waals surface area contributed by atoms with Gasteiger partial charge in [0.15, 0.2) is 0 Å². The number of pyridine rings is 1. The molecule has 0 unspecified atom stereocenters. The first-order chi connectivity index (χ1) is 25.8. The number of hydrogen-bond acceptors (Lipinski definition) is 9. The standard InChI is InChI=1S/C40H41N5O8S/c1-25(46)45-24-39(2,53-34-21-31(26-12-6-4-7-13-26)41-32-20-28(52-3)18-19-29(32)34)23-33(45)37(48)43-40-22-27(40)14-8-5-9-17-36(47)42-30-15-10-11-16-35(30)54(50,51)44-38(40)49/h4,6-8,10-16,18-21,27,33H,5,9,17,22-24H2,1-3H3,(H,42,47)(H,43,48)(H,44,49)/b14-8+/t27-,33+,39+,40-/m1/s1. The van der Waals surface area contributed by atoms with E-state index in [-0.39, 0.29) is 48.2 Å². The number of carbonyl (C=O) groups is 4. The fourth-order valence-electron chi connectivity index (χ4n) is 7.31. The maximum Gasteiger partial charge on any atom is 0.266 e. The summed E-state index contributed by atoms with van der Waals surface area (Å²) in [5.41, 5.74) is -0.417. The van der Waals surface area contributed by atoms with E-state index in [0.717, 1.165) is 5.56 Å². The summed E-state index contributed by atoms with van der Waals surface area (Å²) in [7, 11) is -2.90. The Bertz CT molecular complexity index is 2300. The highest BCUT2D eigenvalue weighted by atomic mass is 32.2. The summed E-state index contributed by atoms with van der Waals surface area (Å²) < 4.78 is 41.5. The third kappa shape index (κ3) is 7.25. The highest BCUT2D eigenvalue weighted by Crippen LogP contribution is 2.46. The van der Waals surface area contributed by atoms with Crippen molar-refractivity contribution in [2.75, 3.05) is 19.0 Å². The van der Waals surface area contributed by atoms with E-state index in [9.17, 15) is 27.6 Å². The van der Waals surface area contributed by atoms with Crippen LogP contribution >= 0.6 is 0 Å². The van der Waals surface area contributed by atoms with E-state index < -0.39 is 44.9 Å². The number of anilines is 1. The number of amides is 4. The molecule has 7 rings (SSSR count). The molecule has 3 aromatic carbocycles. The van der Waals surface area contributed by atoms with Crippen molar-refractivity contribution in [3.8, 4) is 22.8 Å². The Morgan fingerprint density at radius 1 is 1.00 bits per heavy atom. The zero-order valence-corrected chi connectivity index (χ0v) is 30.9. The van der Waals surface area contributed by atoms with Crippen molar-refractivity contribution in [1.29, 1.82) is 0 Å². The molecule has 4 aromatic rings. The summed E-state index contributed by atoms with van der Waals surface area (Å²) in [5, 5.41) is 6.20. The van der Waals surface area contributed by atoms with Crippen molar-refractivity contribution in [3.63, 3.8) is 0 Å². The van der Waals surface area contributed by atoms with Gasteiger partial charge in [0.1, 0.15) is 33.6 Å². The van der Waals surface area contributed by atoms with Crippen LogP contribution in [0.2, 0.25) is 0 Å². The van der Waals surface area contributed by atoms with Gasteiger partial charge in [-0.05, 0) is 50.5 Å². The summed E-state index contributed by atoms with van der Waals surface area (Å²) in [5.74, 6) is -1.62. The van der Waals surface area contributed by atoms with Gasteiger partial charge in [-0.25, -0.2) is 18.1 Å². The van der Waals surface area contributed by atoms with E-state index in [4.69, 9.17) is 14.5 Å². The zero-order chi connectivity index (χ0) is 38.3. The Morgan fingerprint density at radius 2 is 1.76 bits per heavy atom. The third-order valence-corrected chi connectivity index (χ3v) is 11.6. The molecular formula is C40H41N5O8S. The minimum atomic E-state index is -4.47. The largest absolute Gasteiger partial charge is 0.497 e. The molecular weight excluding hydrogens is 711 g/mol. The van der Waals surface area contributed by atoms with E-state index in [0.29, 0.717) is 40.9 Å². The molecule has 2 fully saturated rings. The Hall–Kier alpha value is -5.76. The number of methoxy groups -OCH3 is 1. The normalized spacial score (nSPS) is 25.6. The molecule has 1 saturated heterocycles. The van der Waals surface area contributed by atoms with Gasteiger partial charge in [-0.15, -0.1) is 0 Å². The predicted molar refractivity (Wildman–Crippen MR) is 201 cm³/mol. The number of para-hydroxylation sites is 1. The lowest BCUT2D eigenvalue weighted by atomic mass is 10.0. The number of likely N-dealkylation sites (tertiary alicyclic amines) is 1. The Kier molecular flexibility index (Phi) is 9.65. The van der Waals surface area contributed by atoms with Crippen LogP contribution in [-0.2, 0) is 29.2 Å². The first-order valence-electron chi connectivity index (χ1n) is 17.8. The van der Waals surface area contributed by atoms with Gasteiger partial charge < -0.3 is 25.0 Å². The number of nitrogens with zero attached hydrogens (tertiary/aromatic N) is 2. The topological polar surface area (TPSA) is 173 Å². The molecule has 0 radical (unpaired) electrons. The van der Waals surface area contributed by atoms with E-state index >= 15 is 0 Å². The lowest BCUT2D eigenvalue weighted by molar-refractivity contribution is -0.138. The molecule has 1 aromatic heterocycles. The highest BCUT2D eigenvalue weighted by Gasteiger charge is 2.62. The van der Waals surface area contributed by atoms with Crippen LogP contribution in [0.1, 0.15) is 46.0 Å². The molecule has 4 amide bonds. The molecule has 1 saturated carbocycles. The van der Waals surface area contributed by atoms with E-state index in [1.165, 1.54) is 30.0 Å². The Morgan fingerprint density at radius 3 is 2.52 bits per heavy atom. The SMILES string of the molecule is COc1ccc2c(O[C@@]3(C)C[C@@H](C(=O)N[C@]45C[C@H]4/C=C/CCCC(=O)Nc4ccccc4S(=O)(=O)NC5=O)N(C(C)=O)C3)cc(-c3ccccc3)nc2c1. The molecule has 13 nitrogen and oxygen atoms in total. The van der Waals surface area contributed by atoms with Gasteiger partial charge in [0, 0.05) is 48.8 Å². The smallest absolute Gasteiger partial charge is 0.266 e. The average molecular weight is 752 g/mol. The van der Waals surface area contributed by atoms with E-state index in [2.05, 4.69) is 15.4 Å². The number of benzene rings is 3. The number of aromatic nitrogens is 1. The lowest BCUT2D eigenvalue weighted by Gasteiger charge is -2.27. The second kappa shape index (κ2) is 14.2. The monoisotopic (exact) mass is 751 g/mol. The molecule has 3 heterocycles. The van der Waals surface area contributed by atoms with Crippen molar-refractivity contribution in [2.45, 2.75) is 68.0 Å². The van der Waals surface area contributed by atoms with Crippen molar-refractivity contribution in [3.05, 3.63) is 91.0 Å². The number of nitrogens with one attached hydrogen (secondary N) is 3. The third-order valence-electron chi connectivity index (χ3n) is 10.2. The van der Waals surface area contributed by atoms with Crippen LogP contribution < -0.4 is 24.8 Å². The van der Waals surface area contributed by atoms with Gasteiger partial charge in [-0.1, -0.05) is 54.6 Å². The molecule has 4 atom stereocenters. The van der Waals surface area contributed by atoms with Crippen LogP contribution in [0.3, 0.4) is 0 Å². The quantitative estimate of drug-likeness (QED) is 0.236. The molecule has 3 aliphatic rings. The van der Waals surface area contributed by atoms with Gasteiger partial charge in [0.2, 0.25) is 17.7 Å². The number of allylic oxidation sites excluding steroid dienone is 1. The number of fused-ring (bicyclic) bond motifs is 3. The first-order valence-corrected chi connectivity index (χ1v) is 19.2. The first kappa shape index (κ1) is 36.6. The van der Waals surface area contributed by atoms with Crippen LogP contribution in [0.25, 0.3) is 22.2 Å². The van der Waals surface area contributed by atoms with Crippen LogP contribution in [-0.4, -0.2) is 72.8 Å². The second-order valence-electron chi connectivity index (χ2n) is 14.2. The predicted octanol–water partition coefficient (Wildman–Crippen LogP) is 4.73. The fraction of sp³-hybridized carbons (Fsp3) is 0.325. The van der Waals surface area contributed by atoms with Crippen LogP contribution in [0, 0.1) is 5.92 Å². The summed E-state index contributed by atoms with van der Waals surface area (Å²) in [4.78, 5) is 59.8. The molecule has 14 heteroatoms. The van der Waals surface area contributed by atoms with Gasteiger partial charge in [0.05, 0.1) is 30.6 Å². The number of ether oxygens (including phenoxy) is 2. The fourth-order valence-corrected chi connectivity index (χ4v) is 8.52. The van der Waals surface area contributed by atoms with Gasteiger partial charge in [0.25, 0.3) is 15.9 Å². The van der Waals surface area contributed by atoms with E-state index in [1.54, 1.807) is 25.3 Å². The van der Waals surface area contributed by atoms with Crippen molar-refractivity contribution < 1.29 is 37.1 Å². The molecule has 54 heavy (non-hydrogen) atoms. The maximum atomic E-state index is 14.3. The number of hydrogen-bond donors (Lipinski definition) is 3. The van der Waals surface area contributed by atoms with Crippen LogP contribution in [0.15, 0.2) is 95.9 Å². The molecule has 0 spiro atoms. The van der Waals surface area contributed by atoms with E-state index in [1.807, 2.05) is 61.5 Å². The van der Waals surface area contributed by atoms with Gasteiger partial charge >= 0.3 is 0 Å². The molecule has 2 aliphatic heterocycles. The Balaban J connectivity index is 1.17. The minimum Gasteiger partial charge on any atom is -0.497 e. The summed E-state index contributed by atoms with van der Waals surface area (Å²) in [6.07, 6.45) is 5.02. The molecule has 0 bridgehead atoms. The Labute approximate surface area is 313 Å². The lowest BCUT2D eigenvalue weighted by Crippen LogP contribution is -2.56. The zero-order valence-electron chi connectivity index (χ0n) is 30.1. The number of rotatable bonds is 6. The van der Waals surface area contributed by atoms with Crippen LogP contribution in [0.4, 0.5) is 5.69 Å². The molecule has 1 aliphatic carbocycles. The second-order valence-corrected chi connectivity index (χ2v) is 15.9. The molecule has 280 valence electrons. The van der Waals surface area contributed by atoms with Gasteiger partial charge in [-0.2, -0.15) is 0 Å². The summed E-state index contributed by atoms with van der Waals surface area (Å²) in [6.45, 7) is 3.26. The number of carbonyl (C=O) groups excluding carboxylic acids is 4. The van der Waals surface area contributed by atoms with Crippen molar-refractivity contribution >= 4 is 50.2 Å². The van der Waals surface area contributed by atoms with Crippen LogP contribution in [0.5, 0.6) is 11.5 Å². The minimum absolute atomic E-state index is 0.0418. The van der Waals surface area contributed by atoms with Crippen molar-refractivity contribution in [2.24, 2.45) is 5.92 Å². The summed E-state index contributed by atoms with van der Waals surface area (Å²) in [6, 6.07) is 21.7. The maximum absolute atomic E-state index is 14.3. The highest BCUT2D eigenvalue weighted by molar-refractivity contribution is 7.90.